The number of likely N-dealkylation sites (tertiary alicyclic amines) is 1. The van der Waals surface area contributed by atoms with Gasteiger partial charge in [0, 0.05) is 51.0 Å². The second-order valence-corrected chi connectivity index (χ2v) is 35.8. The fraction of sp³-hybridized carbons (Fsp3) is 0.441. The molecule has 1 saturated carbocycles. The molecule has 5 aliphatic rings. The Balaban J connectivity index is 0.000000175. The molecule has 1 aromatic heterocycles. The predicted octanol–water partition coefficient (Wildman–Crippen LogP) is 13.3. The van der Waals surface area contributed by atoms with Gasteiger partial charge in [0.25, 0.3) is 11.8 Å². The summed E-state index contributed by atoms with van der Waals surface area (Å²) in [5.41, 5.74) is 28.0. The number of halogens is 1. The van der Waals surface area contributed by atoms with E-state index in [0.717, 1.165) is 76.0 Å². The molecule has 4 saturated heterocycles. The number of pyridine rings is 1. The smallest absolute Gasteiger partial charge is 0.254 e. The van der Waals surface area contributed by atoms with E-state index >= 15 is 0 Å². The summed E-state index contributed by atoms with van der Waals surface area (Å²) in [5, 5.41) is 12.6. The number of hydrogen-bond donors (Lipinski definition) is 4. The lowest BCUT2D eigenvalue weighted by molar-refractivity contribution is -0.145. The zero-order valence-corrected chi connectivity index (χ0v) is 71.3. The van der Waals surface area contributed by atoms with Crippen LogP contribution in [-0.4, -0.2) is 159 Å². The summed E-state index contributed by atoms with van der Waals surface area (Å²) in [6.07, 6.45) is 8.66. The first kappa shape index (κ1) is 90.3. The highest BCUT2D eigenvalue weighted by molar-refractivity contribution is 7.92. The Kier molecular flexibility index (Phi) is 31.6. The summed E-state index contributed by atoms with van der Waals surface area (Å²) in [6, 6.07) is 59.7. The van der Waals surface area contributed by atoms with E-state index in [1.54, 1.807) is 63.4 Å². The standard InChI is InChI=1S/C33H33N3O3.C31H38FN3O5S.C29H44N4O5S/c1-2-9-29-13-8-16-36(29)31(37)28-19-25(18-27(20-28)30-14-7-6-12-26(30)22-34)23-39-32-33(35,15-17-38-32)21-24-10-4-3-5-11-24;1-4-15-35(41(3,37)38)28-18-24(17-26(19-28)29(36)34-22(2)25-10-12-27(32)13-11-25)21-40-30-31(33,14-16-39-30)20-23-8-6-5-7-9-23;1-5-12-33(39(4,34)35)27-18-24(17-26(31-27)32(13-15-36-3)20-25-16-22(25)2)21-38-28-29(30,11-14-37-28)19-23-9-7-6-8-10-23/h3-7,10-12,14,18-20,29,32H,8,13,15-17,21,23,35H2,1H3;5-13,17-19,22,30H,4,14-16,20-21,33H2,1-3H3,(H,34,36);6-10,17-18,22,25,28H,5,11-16,19-21,30H2,1-4H3/t29-,32?,33?;22-,30?,31?;22-,25+,28?,29?/m010/s1. The first-order chi connectivity index (χ1) is 57.1. The average molecular weight is 1660 g/mol. The normalized spacial score (nSPS) is 22.1. The van der Waals surface area contributed by atoms with E-state index in [9.17, 15) is 36.1 Å². The number of amides is 2. The van der Waals surface area contributed by atoms with Crippen molar-refractivity contribution >= 4 is 49.2 Å². The minimum absolute atomic E-state index is 0.0593. The van der Waals surface area contributed by atoms with Gasteiger partial charge >= 0.3 is 0 Å². The number of sulfonamides is 2. The van der Waals surface area contributed by atoms with Gasteiger partial charge < -0.3 is 65.5 Å². The molecule has 5 fully saturated rings. The third-order valence-electron chi connectivity index (χ3n) is 22.3. The van der Waals surface area contributed by atoms with E-state index in [-0.39, 0.29) is 49.7 Å². The molecule has 4 aliphatic heterocycles. The van der Waals surface area contributed by atoms with Crippen molar-refractivity contribution in [2.45, 2.75) is 173 Å². The Morgan fingerprint density at radius 3 is 1.62 bits per heavy atom. The number of nitrogens with two attached hydrogens (primary N) is 3. The molecule has 2 amide bonds. The van der Waals surface area contributed by atoms with Gasteiger partial charge in [0.2, 0.25) is 20.0 Å². The van der Waals surface area contributed by atoms with Crippen LogP contribution in [0.15, 0.2) is 188 Å². The van der Waals surface area contributed by atoms with E-state index in [4.69, 9.17) is 55.3 Å². The molecule has 634 valence electrons. The van der Waals surface area contributed by atoms with Crippen LogP contribution >= 0.6 is 0 Å². The number of carbonyl (C=O) groups is 2. The van der Waals surface area contributed by atoms with Crippen molar-refractivity contribution in [2.24, 2.45) is 29.0 Å². The quantitative estimate of drug-likeness (QED) is 0.0272. The van der Waals surface area contributed by atoms with Gasteiger partial charge in [-0.05, 0) is 213 Å². The van der Waals surface area contributed by atoms with Crippen LogP contribution in [0.25, 0.3) is 11.1 Å². The third-order valence-corrected chi connectivity index (χ3v) is 24.7. The van der Waals surface area contributed by atoms with Crippen molar-refractivity contribution < 1.29 is 64.0 Å². The summed E-state index contributed by atoms with van der Waals surface area (Å²) in [4.78, 5) is 36.0. The zero-order valence-electron chi connectivity index (χ0n) is 69.6. The molecule has 7 N–H and O–H groups in total. The number of hydrogen-bond acceptors (Lipinski definition) is 19. The molecule has 1 aliphatic carbocycles. The maximum absolute atomic E-state index is 13.7. The van der Waals surface area contributed by atoms with E-state index in [1.807, 2.05) is 128 Å². The molecule has 6 unspecified atom stereocenters. The van der Waals surface area contributed by atoms with Crippen LogP contribution in [0.4, 0.5) is 21.7 Å². The number of nitrogens with one attached hydrogen (secondary N) is 1. The number of nitrogens with zero attached hydrogens (tertiary/aromatic N) is 6. The van der Waals surface area contributed by atoms with Crippen molar-refractivity contribution in [2.75, 3.05) is 92.3 Å². The van der Waals surface area contributed by atoms with Crippen LogP contribution in [-0.2, 0) is 92.3 Å². The van der Waals surface area contributed by atoms with Gasteiger partial charge in [0.15, 0.2) is 18.9 Å². The van der Waals surface area contributed by atoms with Crippen LogP contribution in [0, 0.1) is 40.8 Å². The second kappa shape index (κ2) is 41.7. The highest BCUT2D eigenvalue weighted by Gasteiger charge is 2.45. The number of methoxy groups -OCH3 is 1. The Bertz CT molecular complexity index is 5050. The summed E-state index contributed by atoms with van der Waals surface area (Å²) in [5.74, 6) is 7.70. The van der Waals surface area contributed by atoms with Crippen molar-refractivity contribution in [1.82, 2.24) is 15.2 Å². The van der Waals surface area contributed by atoms with Crippen molar-refractivity contribution in [3.05, 3.63) is 250 Å². The van der Waals surface area contributed by atoms with Gasteiger partial charge in [-0.25, -0.2) is 26.2 Å². The molecule has 119 heavy (non-hydrogen) atoms. The van der Waals surface area contributed by atoms with E-state index in [1.165, 1.54) is 33.4 Å². The number of carbonyl (C=O) groups excluding carboxylic acids is 2. The molecule has 0 spiro atoms. The van der Waals surface area contributed by atoms with Gasteiger partial charge in [-0.1, -0.05) is 148 Å². The van der Waals surface area contributed by atoms with E-state index < -0.39 is 67.5 Å². The minimum atomic E-state index is -3.61. The molecular weight excluding hydrogens is 1550 g/mol. The van der Waals surface area contributed by atoms with Gasteiger partial charge in [-0.2, -0.15) is 5.26 Å². The Morgan fingerprint density at radius 1 is 0.639 bits per heavy atom. The van der Waals surface area contributed by atoms with Crippen LogP contribution in [0.2, 0.25) is 0 Å². The highest BCUT2D eigenvalue weighted by atomic mass is 32.2. The molecule has 0 radical (unpaired) electrons. The molecule has 26 heteroatoms. The fourth-order valence-corrected chi connectivity index (χ4v) is 17.7. The van der Waals surface area contributed by atoms with E-state index in [0.29, 0.717) is 137 Å². The average Bonchev–Trinajstić information content (AvgIpc) is 1.73. The fourth-order valence-electron chi connectivity index (χ4n) is 15.8. The lowest BCUT2D eigenvalue weighted by atomic mass is 9.90. The monoisotopic (exact) mass is 1660 g/mol. The molecule has 5 heterocycles. The molecule has 23 nitrogen and oxygen atoms in total. The van der Waals surface area contributed by atoms with E-state index in [2.05, 4.69) is 59.3 Å². The molecular formula is C93H115FN10O13S2. The largest absolute Gasteiger partial charge is 0.383 e. The summed E-state index contributed by atoms with van der Waals surface area (Å²) < 4.78 is 109. The van der Waals surface area contributed by atoms with Crippen LogP contribution in [0.3, 0.4) is 0 Å². The van der Waals surface area contributed by atoms with Crippen LogP contribution < -0.4 is 36.0 Å². The molecule has 7 aromatic carbocycles. The third kappa shape index (κ3) is 24.6. The predicted molar refractivity (Wildman–Crippen MR) is 462 cm³/mol. The lowest BCUT2D eigenvalue weighted by Gasteiger charge is -2.30. The maximum Gasteiger partial charge on any atom is 0.254 e. The second-order valence-electron chi connectivity index (χ2n) is 32.0. The van der Waals surface area contributed by atoms with Gasteiger partial charge in [0.05, 0.1) is 105 Å². The van der Waals surface area contributed by atoms with Crippen molar-refractivity contribution in [1.29, 1.82) is 5.26 Å². The number of anilines is 3. The summed E-state index contributed by atoms with van der Waals surface area (Å²) >= 11 is 0. The van der Waals surface area contributed by atoms with Gasteiger partial charge in [0.1, 0.15) is 17.5 Å². The first-order valence-corrected chi connectivity index (χ1v) is 44.8. The maximum atomic E-state index is 13.7. The zero-order chi connectivity index (χ0) is 84.9. The SMILES string of the molecule is CC#C[C@H]1CCCN1C(=O)c1cc(COC2OCCC2(N)Cc2ccccc2)cc(-c2ccccc2C#N)c1.CCCN(c1cc(COC2OCCC2(N)Cc2ccccc2)cc(C(=O)N[C@H](C)c2ccc(F)cc2)c1)S(C)(=O)=O.CCCN(c1cc(COC2OCCC2(N)Cc2ccccc2)cc(N(CCOC)C[C@H]2C[C@@H]2C)n1)S(C)(=O)=O. The number of aromatic nitrogens is 1. The molecule has 10 atom stereocenters. The lowest BCUT2D eigenvalue weighted by Crippen LogP contribution is -2.50. The number of nitriles is 1. The first-order valence-electron chi connectivity index (χ1n) is 41.1. The number of rotatable bonds is 34. The molecule has 8 aromatic rings. The number of ether oxygens (including phenoxy) is 7. The molecule has 13 rings (SSSR count). The number of benzene rings is 7. The van der Waals surface area contributed by atoms with Crippen molar-refractivity contribution in [3.63, 3.8) is 0 Å². The van der Waals surface area contributed by atoms with Crippen LogP contribution in [0.1, 0.15) is 157 Å². The summed E-state index contributed by atoms with van der Waals surface area (Å²) in [6.45, 7) is 15.1. The topological polar surface area (TPSA) is 307 Å². The summed E-state index contributed by atoms with van der Waals surface area (Å²) in [7, 11) is -5.45. The Hall–Kier alpha value is -9.49. The van der Waals surface area contributed by atoms with Gasteiger partial charge in [-0.15, -0.1) is 5.92 Å². The van der Waals surface area contributed by atoms with Crippen molar-refractivity contribution in [3.8, 4) is 29.0 Å². The van der Waals surface area contributed by atoms with Gasteiger partial charge in [-0.3, -0.25) is 18.2 Å². The Labute approximate surface area is 702 Å². The Morgan fingerprint density at radius 2 is 1.13 bits per heavy atom. The highest BCUT2D eigenvalue weighted by Crippen LogP contribution is 2.40. The van der Waals surface area contributed by atoms with Crippen LogP contribution in [0.5, 0.6) is 0 Å². The minimum Gasteiger partial charge on any atom is -0.383 e. The molecule has 0 bridgehead atoms.